The highest BCUT2D eigenvalue weighted by atomic mass is 19.1. The third kappa shape index (κ3) is 5.25. The molecule has 10 heteroatoms. The number of nitrogens with zero attached hydrogens (tertiary/aromatic N) is 4. The summed E-state index contributed by atoms with van der Waals surface area (Å²) in [6, 6.07) is 7.47. The first-order valence-corrected chi connectivity index (χ1v) is 14.5. The number of hydrogen-bond acceptors (Lipinski definition) is 8. The number of aliphatic hydroxyl groups excluding tert-OH is 2. The van der Waals surface area contributed by atoms with Gasteiger partial charge in [-0.05, 0) is 58.1 Å². The lowest BCUT2D eigenvalue weighted by Gasteiger charge is -2.48. The molecule has 0 saturated carbocycles. The van der Waals surface area contributed by atoms with Gasteiger partial charge in [-0.2, -0.15) is 0 Å². The number of fused-ring (bicyclic) bond motifs is 3. The van der Waals surface area contributed by atoms with Gasteiger partial charge in [0.2, 0.25) is 5.95 Å². The number of pyridine rings is 1. The van der Waals surface area contributed by atoms with E-state index in [0.717, 1.165) is 43.1 Å². The van der Waals surface area contributed by atoms with Gasteiger partial charge in [-0.15, -0.1) is 0 Å². The molecule has 0 radical (unpaired) electrons. The van der Waals surface area contributed by atoms with Crippen molar-refractivity contribution < 1.29 is 19.3 Å². The van der Waals surface area contributed by atoms with Crippen molar-refractivity contribution in [1.82, 2.24) is 19.4 Å². The third-order valence-electron chi connectivity index (χ3n) is 8.75. The highest BCUT2D eigenvalue weighted by molar-refractivity contribution is 5.84. The molecule has 3 aliphatic heterocycles. The van der Waals surface area contributed by atoms with Crippen LogP contribution in [0.4, 0.5) is 10.3 Å². The lowest BCUT2D eigenvalue weighted by atomic mass is 9.83. The number of aliphatic hydroxyl groups is 2. The molecule has 2 aromatic heterocycles. The van der Waals surface area contributed by atoms with Gasteiger partial charge >= 0.3 is 0 Å². The lowest BCUT2D eigenvalue weighted by molar-refractivity contribution is -0.0324. The maximum absolute atomic E-state index is 15.1. The molecule has 0 spiro atoms. The average molecular weight is 552 g/mol. The third-order valence-corrected chi connectivity index (χ3v) is 8.75. The van der Waals surface area contributed by atoms with E-state index < -0.39 is 11.9 Å². The highest BCUT2D eigenvalue weighted by Crippen LogP contribution is 2.36. The maximum Gasteiger partial charge on any atom is 0.223 e. The molecule has 3 fully saturated rings. The van der Waals surface area contributed by atoms with Crippen molar-refractivity contribution in [3.05, 3.63) is 52.2 Å². The Kier molecular flexibility index (Phi) is 7.60. The fourth-order valence-corrected chi connectivity index (χ4v) is 6.86. The molecule has 2 bridgehead atoms. The van der Waals surface area contributed by atoms with E-state index in [1.54, 1.807) is 18.2 Å². The normalized spacial score (nSPS) is 27.3. The van der Waals surface area contributed by atoms with Crippen molar-refractivity contribution in [1.29, 1.82) is 0 Å². The summed E-state index contributed by atoms with van der Waals surface area (Å²) in [5, 5.41) is 24.3. The summed E-state index contributed by atoms with van der Waals surface area (Å²) in [4.78, 5) is 24.4. The minimum Gasteiger partial charge on any atom is -0.393 e. The number of benzene rings is 1. The molecule has 4 atom stereocenters. The zero-order chi connectivity index (χ0) is 28.0. The van der Waals surface area contributed by atoms with E-state index in [1.165, 1.54) is 6.42 Å². The van der Waals surface area contributed by atoms with Gasteiger partial charge in [-0.25, -0.2) is 14.4 Å². The van der Waals surface area contributed by atoms with E-state index in [9.17, 15) is 15.0 Å². The number of piperidine rings is 2. The van der Waals surface area contributed by atoms with E-state index in [4.69, 9.17) is 4.74 Å². The molecule has 0 amide bonds. The van der Waals surface area contributed by atoms with Gasteiger partial charge in [-0.1, -0.05) is 12.5 Å². The van der Waals surface area contributed by atoms with E-state index in [1.807, 2.05) is 6.07 Å². The molecule has 3 saturated heterocycles. The lowest BCUT2D eigenvalue weighted by Crippen LogP contribution is -2.53. The zero-order valence-electron chi connectivity index (χ0n) is 23.1. The quantitative estimate of drug-likeness (QED) is 0.426. The highest BCUT2D eigenvalue weighted by Gasteiger charge is 2.38. The molecule has 40 heavy (non-hydrogen) atoms. The number of rotatable bonds is 6. The zero-order valence-corrected chi connectivity index (χ0v) is 23.1. The van der Waals surface area contributed by atoms with Gasteiger partial charge < -0.3 is 24.8 Å². The fraction of sp³-hybridized carbons (Fsp3) is 0.567. The van der Waals surface area contributed by atoms with Crippen LogP contribution >= 0.6 is 0 Å². The number of hydrogen-bond donors (Lipinski definition) is 3. The fourth-order valence-electron chi connectivity index (χ4n) is 6.86. The molecule has 3 aliphatic rings. The van der Waals surface area contributed by atoms with E-state index >= 15 is 4.39 Å². The van der Waals surface area contributed by atoms with Gasteiger partial charge in [0.25, 0.3) is 0 Å². The molecular weight excluding hydrogens is 513 g/mol. The van der Waals surface area contributed by atoms with Gasteiger partial charge in [0.05, 0.1) is 36.6 Å². The van der Waals surface area contributed by atoms with Crippen LogP contribution in [0.1, 0.15) is 64.1 Å². The standard InChI is InChI=1S/C30H38FN5O4/c1-17(2)36-21(15-35-19-4-3-5-20(35)12-22(37)11-19)13-27(38)23-7-6-18(10-26(23)36)29-24(31)14-32-30(34-29)33-25-8-9-40-16-28(25)39/h6-7,10,13-14,17,19-20,22,25,28,37,39H,3-5,8-9,11-12,15-16H2,1-2H3,(H,32,33,34)/t19?,20?,22?,25-,28-/m1/s1. The minimum absolute atomic E-state index is 0.0605. The number of halogens is 1. The van der Waals surface area contributed by atoms with Crippen molar-refractivity contribution in [3.8, 4) is 11.3 Å². The first kappa shape index (κ1) is 27.3. The summed E-state index contributed by atoms with van der Waals surface area (Å²) in [6.07, 6.45) is 5.61. The van der Waals surface area contributed by atoms with Gasteiger partial charge in [0, 0.05) is 54.0 Å². The summed E-state index contributed by atoms with van der Waals surface area (Å²) in [6.45, 7) is 5.56. The first-order chi connectivity index (χ1) is 19.3. The molecule has 3 N–H and O–H groups in total. The monoisotopic (exact) mass is 551 g/mol. The Morgan fingerprint density at radius 1 is 1.15 bits per heavy atom. The summed E-state index contributed by atoms with van der Waals surface area (Å²) in [5.41, 5.74) is 2.29. The van der Waals surface area contributed by atoms with Gasteiger partial charge in [0.15, 0.2) is 11.2 Å². The Hall–Kier alpha value is -2.92. The molecule has 3 aromatic rings. The molecule has 6 rings (SSSR count). The van der Waals surface area contributed by atoms with Crippen LogP contribution in [0.25, 0.3) is 22.2 Å². The van der Waals surface area contributed by atoms with Gasteiger partial charge in [0.1, 0.15) is 5.69 Å². The van der Waals surface area contributed by atoms with Crippen molar-refractivity contribution >= 4 is 16.9 Å². The average Bonchev–Trinajstić information content (AvgIpc) is 2.91. The van der Waals surface area contributed by atoms with Crippen LogP contribution in [0.3, 0.4) is 0 Å². The van der Waals surface area contributed by atoms with Crippen molar-refractivity contribution in [3.63, 3.8) is 0 Å². The van der Waals surface area contributed by atoms with Crippen molar-refractivity contribution in [2.45, 2.75) is 95.3 Å². The topological polar surface area (TPSA) is 113 Å². The SMILES string of the molecule is CC(C)n1c(CN2C3CCCC2CC(O)C3)cc(=O)c2ccc(-c3nc(N[C@@H]4CCOC[C@H]4O)ncc3F)cc21. The molecular formula is C30H38FN5O4. The Bertz CT molecular complexity index is 1430. The minimum atomic E-state index is -0.701. The van der Waals surface area contributed by atoms with Crippen LogP contribution in [0.5, 0.6) is 0 Å². The van der Waals surface area contributed by atoms with Crippen LogP contribution in [-0.2, 0) is 11.3 Å². The summed E-state index contributed by atoms with van der Waals surface area (Å²) in [7, 11) is 0. The number of anilines is 1. The molecule has 5 heterocycles. The van der Waals surface area contributed by atoms with E-state index in [0.29, 0.717) is 42.6 Å². The Morgan fingerprint density at radius 3 is 2.65 bits per heavy atom. The van der Waals surface area contributed by atoms with Crippen LogP contribution in [0, 0.1) is 5.82 Å². The molecule has 0 aliphatic carbocycles. The number of ether oxygens (including phenoxy) is 1. The van der Waals surface area contributed by atoms with Crippen LogP contribution in [-0.4, -0.2) is 73.2 Å². The second-order valence-electron chi connectivity index (χ2n) is 11.8. The maximum atomic E-state index is 15.1. The molecule has 1 aromatic carbocycles. The second-order valence-corrected chi connectivity index (χ2v) is 11.8. The van der Waals surface area contributed by atoms with Crippen LogP contribution in [0.2, 0.25) is 0 Å². The summed E-state index contributed by atoms with van der Waals surface area (Å²) in [5.74, 6) is -0.331. The van der Waals surface area contributed by atoms with Crippen LogP contribution in [0.15, 0.2) is 35.3 Å². The predicted molar refractivity (Wildman–Crippen MR) is 151 cm³/mol. The largest absolute Gasteiger partial charge is 0.393 e. The summed E-state index contributed by atoms with van der Waals surface area (Å²) >= 11 is 0. The second kappa shape index (κ2) is 11.2. The van der Waals surface area contributed by atoms with Crippen molar-refractivity contribution in [2.24, 2.45) is 0 Å². The van der Waals surface area contributed by atoms with E-state index in [2.05, 4.69) is 38.6 Å². The number of aromatic nitrogens is 3. The molecule has 2 unspecified atom stereocenters. The predicted octanol–water partition coefficient (Wildman–Crippen LogP) is 3.62. The molecule has 9 nitrogen and oxygen atoms in total. The first-order valence-electron chi connectivity index (χ1n) is 14.5. The Morgan fingerprint density at radius 2 is 1.93 bits per heavy atom. The smallest absolute Gasteiger partial charge is 0.223 e. The summed E-state index contributed by atoms with van der Waals surface area (Å²) < 4.78 is 22.6. The van der Waals surface area contributed by atoms with Crippen molar-refractivity contribution in [2.75, 3.05) is 18.5 Å². The molecule has 214 valence electrons. The Labute approximate surface area is 233 Å². The van der Waals surface area contributed by atoms with Gasteiger partial charge in [-0.3, -0.25) is 9.69 Å². The number of nitrogens with one attached hydrogen (secondary N) is 1. The Balaban J connectivity index is 1.38. The van der Waals surface area contributed by atoms with Crippen LogP contribution < -0.4 is 10.7 Å². The van der Waals surface area contributed by atoms with E-state index in [-0.39, 0.29) is 41.9 Å².